The number of benzene rings is 2. The van der Waals surface area contributed by atoms with Gasteiger partial charge in [-0.2, -0.15) is 5.10 Å². The van der Waals surface area contributed by atoms with E-state index in [4.69, 9.17) is 11.6 Å². The van der Waals surface area contributed by atoms with Crippen LogP contribution in [0.15, 0.2) is 53.3 Å². The molecule has 160 valence electrons. The van der Waals surface area contributed by atoms with Gasteiger partial charge in [-0.1, -0.05) is 17.7 Å². The average molecular weight is 443 g/mol. The van der Waals surface area contributed by atoms with Gasteiger partial charge in [-0.3, -0.25) is 14.4 Å². The summed E-state index contributed by atoms with van der Waals surface area (Å²) < 4.78 is 14.3. The van der Waals surface area contributed by atoms with Crippen LogP contribution >= 0.6 is 11.6 Å². The largest absolute Gasteiger partial charge is 0.326 e. The highest BCUT2D eigenvalue weighted by Crippen LogP contribution is 2.19. The van der Waals surface area contributed by atoms with Gasteiger partial charge in [-0.25, -0.2) is 9.07 Å². The fraction of sp³-hybridized carbons (Fsp3) is 0.182. The first-order valence-electron chi connectivity index (χ1n) is 9.44. The molecule has 2 N–H and O–H groups in total. The van der Waals surface area contributed by atoms with E-state index in [1.54, 1.807) is 6.07 Å². The van der Waals surface area contributed by atoms with E-state index in [0.29, 0.717) is 11.4 Å². The number of amides is 2. The predicted octanol–water partition coefficient (Wildman–Crippen LogP) is 3.93. The molecule has 0 unspecified atom stereocenters. The number of aromatic nitrogens is 2. The van der Waals surface area contributed by atoms with E-state index in [1.165, 1.54) is 24.3 Å². The lowest BCUT2D eigenvalue weighted by molar-refractivity contribution is -0.116. The number of aryl methyl sites for hydroxylation is 3. The maximum Gasteiger partial charge on any atom is 0.276 e. The zero-order valence-electron chi connectivity index (χ0n) is 16.9. The van der Waals surface area contributed by atoms with Crippen LogP contribution in [0, 0.1) is 19.7 Å². The van der Waals surface area contributed by atoms with Crippen LogP contribution in [0.4, 0.5) is 15.8 Å². The Morgan fingerprint density at radius 2 is 1.71 bits per heavy atom. The van der Waals surface area contributed by atoms with Crippen molar-refractivity contribution in [2.45, 2.75) is 26.8 Å². The first-order chi connectivity index (χ1) is 14.7. The van der Waals surface area contributed by atoms with Gasteiger partial charge >= 0.3 is 0 Å². The molecule has 0 atom stereocenters. The third-order valence-electron chi connectivity index (χ3n) is 4.62. The highest BCUT2D eigenvalue weighted by Gasteiger charge is 2.12. The van der Waals surface area contributed by atoms with Gasteiger partial charge < -0.3 is 10.6 Å². The molecule has 0 aliphatic carbocycles. The topological polar surface area (TPSA) is 93.1 Å². The van der Waals surface area contributed by atoms with Crippen LogP contribution in [0.2, 0.25) is 5.02 Å². The van der Waals surface area contributed by atoms with E-state index in [2.05, 4.69) is 15.7 Å². The number of carbonyl (C=O) groups excluding carboxylic acids is 2. The molecule has 0 aliphatic heterocycles. The second kappa shape index (κ2) is 9.53. The first-order valence-corrected chi connectivity index (χ1v) is 9.82. The van der Waals surface area contributed by atoms with Crippen LogP contribution in [0.25, 0.3) is 0 Å². The van der Waals surface area contributed by atoms with Gasteiger partial charge in [0.1, 0.15) is 11.5 Å². The van der Waals surface area contributed by atoms with E-state index < -0.39 is 23.2 Å². The summed E-state index contributed by atoms with van der Waals surface area (Å²) in [6.07, 6.45) is -0.0792. The van der Waals surface area contributed by atoms with E-state index >= 15 is 0 Å². The molecular weight excluding hydrogens is 423 g/mol. The van der Waals surface area contributed by atoms with E-state index in [-0.39, 0.29) is 23.7 Å². The third-order valence-corrected chi connectivity index (χ3v) is 4.91. The summed E-state index contributed by atoms with van der Waals surface area (Å²) in [7, 11) is 0. The van der Waals surface area contributed by atoms with Crippen LogP contribution in [0.1, 0.15) is 28.0 Å². The molecule has 31 heavy (non-hydrogen) atoms. The van der Waals surface area contributed by atoms with Crippen molar-refractivity contribution in [3.8, 4) is 0 Å². The Morgan fingerprint density at radius 1 is 1.00 bits per heavy atom. The molecule has 0 fully saturated rings. The Balaban J connectivity index is 1.65. The Bertz CT molecular complexity index is 1210. The van der Waals surface area contributed by atoms with Crippen LogP contribution in [0.3, 0.4) is 0 Å². The van der Waals surface area contributed by atoms with E-state index in [9.17, 15) is 18.8 Å². The SMILES string of the molecule is Cc1ccc(NC(=O)c2ccc(=O)n(CCC(=O)Nc3ccc(F)c(Cl)c3)n2)cc1C. The second-order valence-electron chi connectivity index (χ2n) is 6.96. The van der Waals surface area contributed by atoms with Gasteiger partial charge in [0.25, 0.3) is 11.5 Å². The number of anilines is 2. The monoisotopic (exact) mass is 442 g/mol. The first kappa shape index (κ1) is 22.2. The van der Waals surface area contributed by atoms with Gasteiger partial charge in [0, 0.05) is 23.9 Å². The number of hydrogen-bond acceptors (Lipinski definition) is 4. The molecule has 2 amide bonds. The fourth-order valence-corrected chi connectivity index (χ4v) is 2.93. The molecular formula is C22H20ClFN4O3. The standard InChI is InChI=1S/C22H20ClFN4O3/c1-13-3-4-15(11-14(13)2)26-22(31)19-7-8-21(30)28(27-19)10-9-20(29)25-16-5-6-18(24)17(23)12-16/h3-8,11-12H,9-10H2,1-2H3,(H,25,29)(H,26,31). The molecule has 0 radical (unpaired) electrons. The minimum Gasteiger partial charge on any atom is -0.326 e. The van der Waals surface area contributed by atoms with Crippen molar-refractivity contribution in [1.29, 1.82) is 0 Å². The predicted molar refractivity (Wildman–Crippen MR) is 117 cm³/mol. The fourth-order valence-electron chi connectivity index (χ4n) is 2.75. The molecule has 1 aromatic heterocycles. The molecule has 0 saturated heterocycles. The minimum absolute atomic E-state index is 0.0373. The normalized spacial score (nSPS) is 10.6. The second-order valence-corrected chi connectivity index (χ2v) is 7.37. The molecule has 0 spiro atoms. The van der Waals surface area contributed by atoms with Gasteiger partial charge in [0.15, 0.2) is 0 Å². The van der Waals surface area contributed by atoms with Crippen molar-refractivity contribution in [2.75, 3.05) is 10.6 Å². The molecule has 0 saturated carbocycles. The maximum atomic E-state index is 13.2. The molecule has 0 bridgehead atoms. The van der Waals surface area contributed by atoms with Crippen molar-refractivity contribution in [1.82, 2.24) is 9.78 Å². The van der Waals surface area contributed by atoms with Crippen molar-refractivity contribution in [3.05, 3.63) is 86.5 Å². The van der Waals surface area contributed by atoms with Crippen LogP contribution < -0.4 is 16.2 Å². The van der Waals surface area contributed by atoms with Crippen molar-refractivity contribution in [2.24, 2.45) is 0 Å². The van der Waals surface area contributed by atoms with E-state index in [0.717, 1.165) is 21.9 Å². The molecule has 0 aliphatic rings. The summed E-state index contributed by atoms with van der Waals surface area (Å²) in [5.74, 6) is -1.48. The quantitative estimate of drug-likeness (QED) is 0.604. The number of hydrogen-bond donors (Lipinski definition) is 2. The van der Waals surface area contributed by atoms with E-state index in [1.807, 2.05) is 26.0 Å². The Labute approximate surface area is 182 Å². The van der Waals surface area contributed by atoms with Crippen LogP contribution in [-0.2, 0) is 11.3 Å². The Hall–Kier alpha value is -3.52. The molecule has 2 aromatic carbocycles. The van der Waals surface area contributed by atoms with Gasteiger partial charge in [0.2, 0.25) is 5.91 Å². The number of nitrogens with zero attached hydrogens (tertiary/aromatic N) is 2. The smallest absolute Gasteiger partial charge is 0.276 e. The summed E-state index contributed by atoms with van der Waals surface area (Å²) in [6.45, 7) is 3.87. The lowest BCUT2D eigenvalue weighted by Gasteiger charge is -2.10. The molecule has 7 nitrogen and oxygen atoms in total. The summed E-state index contributed by atoms with van der Waals surface area (Å²) in [6, 6.07) is 11.9. The number of carbonyl (C=O) groups is 2. The van der Waals surface area contributed by atoms with Gasteiger partial charge in [-0.05, 0) is 61.4 Å². The van der Waals surface area contributed by atoms with Crippen molar-refractivity contribution >= 4 is 34.8 Å². The summed E-state index contributed by atoms with van der Waals surface area (Å²) >= 11 is 5.69. The van der Waals surface area contributed by atoms with Crippen molar-refractivity contribution < 1.29 is 14.0 Å². The molecule has 3 rings (SSSR count). The molecule has 3 aromatic rings. The number of halogens is 2. The summed E-state index contributed by atoms with van der Waals surface area (Å²) in [4.78, 5) is 36.7. The Kier molecular flexibility index (Phi) is 6.81. The van der Waals surface area contributed by atoms with Crippen LogP contribution in [-0.4, -0.2) is 21.6 Å². The molecule has 1 heterocycles. The third kappa shape index (κ3) is 5.76. The van der Waals surface area contributed by atoms with Crippen molar-refractivity contribution in [3.63, 3.8) is 0 Å². The summed E-state index contributed by atoms with van der Waals surface area (Å²) in [5.41, 5.74) is 2.68. The highest BCUT2D eigenvalue weighted by atomic mass is 35.5. The lowest BCUT2D eigenvalue weighted by Crippen LogP contribution is -2.28. The maximum absolute atomic E-state index is 13.2. The van der Waals surface area contributed by atoms with Gasteiger partial charge in [-0.15, -0.1) is 0 Å². The van der Waals surface area contributed by atoms with Gasteiger partial charge in [0.05, 0.1) is 11.6 Å². The lowest BCUT2D eigenvalue weighted by atomic mass is 10.1. The molecule has 9 heteroatoms. The zero-order valence-corrected chi connectivity index (χ0v) is 17.7. The highest BCUT2D eigenvalue weighted by molar-refractivity contribution is 6.31. The number of nitrogens with one attached hydrogen (secondary N) is 2. The zero-order chi connectivity index (χ0) is 22.5. The number of rotatable bonds is 6. The Morgan fingerprint density at radius 3 is 2.42 bits per heavy atom. The minimum atomic E-state index is -0.591. The average Bonchev–Trinajstić information content (AvgIpc) is 2.73. The van der Waals surface area contributed by atoms with Crippen LogP contribution in [0.5, 0.6) is 0 Å². The summed E-state index contributed by atoms with van der Waals surface area (Å²) in [5, 5.41) is 9.25.